The average molecular weight is 473 g/mol. The number of aryl methyl sites for hydroxylation is 4. The summed E-state index contributed by atoms with van der Waals surface area (Å²) in [5.74, 6) is 0.220. The Balaban J connectivity index is 1.72. The van der Waals surface area contributed by atoms with Crippen molar-refractivity contribution in [2.75, 3.05) is 19.7 Å². The Bertz CT molecular complexity index is 1130. The minimum Gasteiger partial charge on any atom is -0.494 e. The minimum atomic E-state index is -3.68. The summed E-state index contributed by atoms with van der Waals surface area (Å²) in [6.45, 7) is 13.1. The number of hydrogen-bond acceptors (Lipinski definition) is 4. The fourth-order valence-electron chi connectivity index (χ4n) is 4.48. The molecule has 2 unspecified atom stereocenters. The topological polar surface area (TPSA) is 75.7 Å². The van der Waals surface area contributed by atoms with Gasteiger partial charge in [-0.05, 0) is 100 Å². The summed E-state index contributed by atoms with van der Waals surface area (Å²) in [4.78, 5) is 13.3. The van der Waals surface area contributed by atoms with E-state index in [2.05, 4.69) is 38.2 Å². The van der Waals surface area contributed by atoms with Gasteiger partial charge in [0.2, 0.25) is 15.9 Å². The molecule has 33 heavy (non-hydrogen) atoms. The van der Waals surface area contributed by atoms with E-state index in [9.17, 15) is 13.2 Å². The smallest absolute Gasteiger partial charge is 0.243 e. The van der Waals surface area contributed by atoms with E-state index in [0.29, 0.717) is 31.7 Å². The van der Waals surface area contributed by atoms with Crippen molar-refractivity contribution in [1.82, 2.24) is 9.62 Å². The standard InChI is InChI=1S/C26H36N2O4S/c1-7-32-25-11-10-23(14-20(25)5)33(30,31)28-12-8-9-22(16-28)26(29)27-21(6)24-15-18(3)17(2)13-19(24)4/h10-11,13-15,21-22H,7-9,12,16H2,1-6H3,(H,27,29). The minimum absolute atomic E-state index is 0.0945. The summed E-state index contributed by atoms with van der Waals surface area (Å²) in [5.41, 5.74) is 5.44. The van der Waals surface area contributed by atoms with Gasteiger partial charge in [-0.15, -0.1) is 0 Å². The van der Waals surface area contributed by atoms with Gasteiger partial charge in [0.05, 0.1) is 23.5 Å². The Kier molecular flexibility index (Phi) is 7.85. The van der Waals surface area contributed by atoms with Gasteiger partial charge in [-0.25, -0.2) is 8.42 Å². The highest BCUT2D eigenvalue weighted by molar-refractivity contribution is 7.89. The third-order valence-corrected chi connectivity index (χ3v) is 8.41. The van der Waals surface area contributed by atoms with Gasteiger partial charge in [-0.3, -0.25) is 4.79 Å². The molecule has 1 fully saturated rings. The third kappa shape index (κ3) is 5.58. The van der Waals surface area contributed by atoms with Crippen LogP contribution in [-0.2, 0) is 14.8 Å². The first-order chi connectivity index (χ1) is 15.5. The number of piperidine rings is 1. The monoisotopic (exact) mass is 472 g/mol. The number of nitrogens with zero attached hydrogens (tertiary/aromatic N) is 1. The first-order valence-electron chi connectivity index (χ1n) is 11.7. The molecular formula is C26H36N2O4S. The van der Waals surface area contributed by atoms with Gasteiger partial charge in [0, 0.05) is 13.1 Å². The largest absolute Gasteiger partial charge is 0.494 e. The van der Waals surface area contributed by atoms with Crippen LogP contribution in [0.2, 0.25) is 0 Å². The highest BCUT2D eigenvalue weighted by atomic mass is 32.2. The number of carbonyl (C=O) groups is 1. The molecule has 0 aliphatic carbocycles. The molecule has 1 saturated heterocycles. The highest BCUT2D eigenvalue weighted by Gasteiger charge is 2.34. The van der Waals surface area contributed by atoms with Crippen LogP contribution in [0.25, 0.3) is 0 Å². The van der Waals surface area contributed by atoms with Crippen molar-refractivity contribution < 1.29 is 17.9 Å². The fraction of sp³-hybridized carbons (Fsp3) is 0.500. The maximum Gasteiger partial charge on any atom is 0.243 e. The molecule has 0 saturated carbocycles. The SMILES string of the molecule is CCOc1ccc(S(=O)(=O)N2CCCC(C(=O)NC(C)c3cc(C)c(C)cc3C)C2)cc1C. The van der Waals surface area contributed by atoms with Crippen LogP contribution in [0.3, 0.4) is 0 Å². The second kappa shape index (κ2) is 10.3. The molecule has 0 aromatic heterocycles. The lowest BCUT2D eigenvalue weighted by Gasteiger charge is -2.32. The molecule has 1 heterocycles. The number of carbonyl (C=O) groups excluding carboxylic acids is 1. The molecule has 1 amide bonds. The fourth-order valence-corrected chi connectivity index (χ4v) is 6.09. The van der Waals surface area contributed by atoms with Gasteiger partial charge in [-0.2, -0.15) is 4.31 Å². The van der Waals surface area contributed by atoms with Crippen molar-refractivity contribution in [3.63, 3.8) is 0 Å². The van der Waals surface area contributed by atoms with Crippen LogP contribution >= 0.6 is 0 Å². The van der Waals surface area contributed by atoms with Crippen molar-refractivity contribution in [3.8, 4) is 5.75 Å². The predicted molar refractivity (Wildman–Crippen MR) is 131 cm³/mol. The highest BCUT2D eigenvalue weighted by Crippen LogP contribution is 2.28. The van der Waals surface area contributed by atoms with E-state index in [4.69, 9.17) is 4.74 Å². The summed E-state index contributed by atoms with van der Waals surface area (Å²) in [6.07, 6.45) is 1.34. The quantitative estimate of drug-likeness (QED) is 0.639. The van der Waals surface area contributed by atoms with Crippen molar-refractivity contribution >= 4 is 15.9 Å². The van der Waals surface area contributed by atoms with Gasteiger partial charge in [0.25, 0.3) is 0 Å². The van der Waals surface area contributed by atoms with Crippen molar-refractivity contribution in [2.45, 2.75) is 65.3 Å². The van der Waals surface area contributed by atoms with Gasteiger partial charge >= 0.3 is 0 Å². The first-order valence-corrected chi connectivity index (χ1v) is 13.1. The van der Waals surface area contributed by atoms with E-state index >= 15 is 0 Å². The van der Waals surface area contributed by atoms with Crippen molar-refractivity contribution in [1.29, 1.82) is 0 Å². The molecule has 2 aromatic rings. The molecule has 2 aromatic carbocycles. The number of sulfonamides is 1. The van der Waals surface area contributed by atoms with E-state index < -0.39 is 10.0 Å². The summed E-state index contributed by atoms with van der Waals surface area (Å²) < 4.78 is 33.6. The second-order valence-electron chi connectivity index (χ2n) is 9.09. The maximum absolute atomic E-state index is 13.3. The molecule has 7 heteroatoms. The van der Waals surface area contributed by atoms with E-state index in [-0.39, 0.29) is 29.3 Å². The molecule has 1 aliphatic rings. The van der Waals surface area contributed by atoms with Crippen LogP contribution < -0.4 is 10.1 Å². The molecule has 3 rings (SSSR count). The summed E-state index contributed by atoms with van der Waals surface area (Å²) >= 11 is 0. The van der Waals surface area contributed by atoms with Crippen molar-refractivity contribution in [3.05, 3.63) is 58.1 Å². The van der Waals surface area contributed by atoms with E-state index in [1.165, 1.54) is 15.4 Å². The van der Waals surface area contributed by atoms with Gasteiger partial charge in [0.15, 0.2) is 0 Å². The molecule has 180 valence electrons. The van der Waals surface area contributed by atoms with Crippen LogP contribution in [0.5, 0.6) is 5.75 Å². The Labute approximate surface area is 198 Å². The predicted octanol–water partition coefficient (Wildman–Crippen LogP) is 4.60. The summed E-state index contributed by atoms with van der Waals surface area (Å²) in [6, 6.07) is 9.06. The summed E-state index contributed by atoms with van der Waals surface area (Å²) in [7, 11) is -3.68. The molecule has 0 spiro atoms. The van der Waals surface area contributed by atoms with Gasteiger partial charge in [-0.1, -0.05) is 12.1 Å². The zero-order valence-corrected chi connectivity index (χ0v) is 21.4. The zero-order valence-electron chi connectivity index (χ0n) is 20.6. The first kappa shape index (κ1) is 25.2. The molecule has 0 bridgehead atoms. The zero-order chi connectivity index (χ0) is 24.3. The van der Waals surface area contributed by atoms with Crippen LogP contribution in [0.1, 0.15) is 60.5 Å². The third-order valence-electron chi connectivity index (χ3n) is 6.55. The Morgan fingerprint density at radius 3 is 2.45 bits per heavy atom. The molecule has 2 atom stereocenters. The van der Waals surface area contributed by atoms with Crippen LogP contribution in [0.4, 0.5) is 0 Å². The number of ether oxygens (including phenoxy) is 1. The van der Waals surface area contributed by atoms with Crippen molar-refractivity contribution in [2.24, 2.45) is 5.92 Å². The lowest BCUT2D eigenvalue weighted by atomic mass is 9.95. The average Bonchev–Trinajstić information content (AvgIpc) is 2.77. The van der Waals surface area contributed by atoms with Gasteiger partial charge < -0.3 is 10.1 Å². The Morgan fingerprint density at radius 2 is 1.79 bits per heavy atom. The number of rotatable bonds is 7. The lowest BCUT2D eigenvalue weighted by molar-refractivity contribution is -0.126. The lowest BCUT2D eigenvalue weighted by Crippen LogP contribution is -2.45. The van der Waals surface area contributed by atoms with E-state index in [0.717, 1.165) is 16.7 Å². The van der Waals surface area contributed by atoms with Crippen LogP contribution in [0, 0.1) is 33.6 Å². The van der Waals surface area contributed by atoms with E-state index in [1.807, 2.05) is 20.8 Å². The number of hydrogen-bond donors (Lipinski definition) is 1. The molecule has 1 N–H and O–H groups in total. The van der Waals surface area contributed by atoms with E-state index in [1.54, 1.807) is 18.2 Å². The normalized spacial score (nSPS) is 18.1. The molecule has 1 aliphatic heterocycles. The summed E-state index contributed by atoms with van der Waals surface area (Å²) in [5, 5.41) is 3.12. The second-order valence-corrected chi connectivity index (χ2v) is 11.0. The Hall–Kier alpha value is -2.38. The maximum atomic E-state index is 13.3. The number of amides is 1. The molecule has 6 nitrogen and oxygen atoms in total. The van der Waals surface area contributed by atoms with Gasteiger partial charge in [0.1, 0.15) is 5.75 Å². The molecule has 0 radical (unpaired) electrons. The van der Waals surface area contributed by atoms with Crippen LogP contribution in [0.15, 0.2) is 35.2 Å². The number of benzene rings is 2. The number of nitrogens with one attached hydrogen (secondary N) is 1. The van der Waals surface area contributed by atoms with Crippen LogP contribution in [-0.4, -0.2) is 38.3 Å². The molecular weight excluding hydrogens is 436 g/mol. The Morgan fingerprint density at radius 1 is 1.09 bits per heavy atom.